The molecule has 358 valence electrons. The zero-order valence-corrected chi connectivity index (χ0v) is 35.2. The molecule has 0 bridgehead atoms. The van der Waals surface area contributed by atoms with Crippen LogP contribution < -0.4 is 63.5 Å². The number of carbonyl (C=O) groups excluding carboxylic acids is 5. The van der Waals surface area contributed by atoms with Gasteiger partial charge in [0.1, 0.15) is 29.9 Å². The minimum atomic E-state index is -4.98. The average Bonchev–Trinajstić information content (AvgIpc) is 3.97. The van der Waals surface area contributed by atoms with Gasteiger partial charge in [-0.2, -0.15) is 26.3 Å². The molecule has 1 aromatic heterocycles. The summed E-state index contributed by atoms with van der Waals surface area (Å²) in [5.74, 6) is -4.60. The number of benzene rings is 2. The fraction of sp³-hybridized carbons (Fsp3) is 0.450. The molecule has 3 heterocycles. The van der Waals surface area contributed by atoms with E-state index in [1.54, 1.807) is 0 Å². The van der Waals surface area contributed by atoms with Crippen LogP contribution in [0.5, 0.6) is 11.5 Å². The maximum absolute atomic E-state index is 14.3. The highest BCUT2D eigenvalue weighted by molar-refractivity contribution is 6.09. The average molecular weight is 938 g/mol. The number of amides is 6. The first-order chi connectivity index (χ1) is 31.3. The maximum atomic E-state index is 14.3. The predicted molar refractivity (Wildman–Crippen MR) is 227 cm³/mol. The van der Waals surface area contributed by atoms with E-state index in [0.717, 1.165) is 12.4 Å². The summed E-state index contributed by atoms with van der Waals surface area (Å²) in [4.78, 5) is 72.1. The molecule has 26 heteroatoms. The number of hydrogen-bond acceptors (Lipinski definition) is 12. The Morgan fingerprint density at radius 2 is 1.05 bits per heavy atom. The Morgan fingerprint density at radius 1 is 0.636 bits per heavy atom. The number of carbonyl (C=O) groups is 5. The Bertz CT molecular complexity index is 2100. The van der Waals surface area contributed by atoms with Crippen molar-refractivity contribution in [2.45, 2.75) is 75.9 Å². The fourth-order valence-corrected chi connectivity index (χ4v) is 6.66. The van der Waals surface area contributed by atoms with Gasteiger partial charge >= 0.3 is 18.4 Å². The first-order valence-corrected chi connectivity index (χ1v) is 20.7. The van der Waals surface area contributed by atoms with Crippen molar-refractivity contribution >= 4 is 58.4 Å². The van der Waals surface area contributed by atoms with Crippen LogP contribution in [0.15, 0.2) is 36.7 Å². The number of nitrogens with two attached hydrogens (primary N) is 2. The topological polar surface area (TPSA) is 302 Å². The van der Waals surface area contributed by atoms with Gasteiger partial charge in [-0.15, -0.1) is 0 Å². The van der Waals surface area contributed by atoms with Gasteiger partial charge in [0, 0.05) is 45.1 Å². The van der Waals surface area contributed by atoms with E-state index in [0.29, 0.717) is 63.0 Å². The SMILES string of the molecule is N=C(N)NCCCCC(=O)Nc1cc(C(F)(F)F)cc(NC(=O)c2cc(C(=O)Nc3cc(C(F)(F)F)cc(NC(=O)CCCCNC(N)=O)c3O[C@H]3CCNC3)ncn2)c1O[C@H]1CCNC1. The van der Waals surface area contributed by atoms with Crippen molar-refractivity contribution in [3.05, 3.63) is 59.2 Å². The molecule has 0 aliphatic carbocycles. The standard InChI is InChI=1S/C40H49F6N13O7/c41-39(42,43)21-13-25(56-31(60)5-1-3-9-52-37(47)48)33(65-23-7-11-50-18-23)27(15-21)58-35(62)29-17-30(55-20-54-29)36(63)59-28-16-22(40(44,45)46)14-26(34(28)66-24-8-12-51-19-24)57-32(61)6-2-4-10-53-38(49)64/h13-17,20,23-24,50-51H,1-12,18-19H2,(H,56,60)(H,57,61)(H,58,62)(H,59,63)(H4,47,48,52)(H3,49,53,64)/t23-,24-/m0/s1. The Hall–Kier alpha value is -6.96. The van der Waals surface area contributed by atoms with Gasteiger partial charge in [-0.1, -0.05) is 0 Å². The Balaban J connectivity index is 1.42. The summed E-state index contributed by atoms with van der Waals surface area (Å²) in [5, 5.41) is 27.8. The molecule has 2 atom stereocenters. The molecular weight excluding hydrogens is 889 g/mol. The summed E-state index contributed by atoms with van der Waals surface area (Å²) in [6.07, 6.45) is -8.58. The number of anilines is 4. The van der Waals surface area contributed by atoms with Gasteiger partial charge in [-0.25, -0.2) is 14.8 Å². The summed E-state index contributed by atoms with van der Waals surface area (Å²) >= 11 is 0. The summed E-state index contributed by atoms with van der Waals surface area (Å²) < 4.78 is 97.8. The van der Waals surface area contributed by atoms with E-state index in [9.17, 15) is 50.3 Å². The van der Waals surface area contributed by atoms with Gasteiger partial charge in [0.2, 0.25) is 11.8 Å². The van der Waals surface area contributed by atoms with Gasteiger partial charge in [-0.05, 0) is 75.9 Å². The van der Waals surface area contributed by atoms with Crippen molar-refractivity contribution in [3.63, 3.8) is 0 Å². The number of aromatic nitrogens is 2. The largest absolute Gasteiger partial charge is 0.485 e. The van der Waals surface area contributed by atoms with E-state index < -0.39 is 99.5 Å². The number of alkyl halides is 6. The number of guanidine groups is 1. The van der Waals surface area contributed by atoms with Crippen molar-refractivity contribution in [2.75, 3.05) is 60.5 Å². The van der Waals surface area contributed by atoms with E-state index >= 15 is 0 Å². The Labute approximate surface area is 373 Å². The second kappa shape index (κ2) is 22.8. The number of halogens is 6. The minimum absolute atomic E-state index is 0.130. The van der Waals surface area contributed by atoms with Crippen molar-refractivity contribution in [2.24, 2.45) is 11.5 Å². The van der Waals surface area contributed by atoms with Crippen LogP contribution in [0.2, 0.25) is 0 Å². The number of unbranched alkanes of at least 4 members (excludes halogenated alkanes) is 2. The fourth-order valence-electron chi connectivity index (χ4n) is 6.66. The highest BCUT2D eigenvalue weighted by Crippen LogP contribution is 2.43. The third kappa shape index (κ3) is 15.1. The van der Waals surface area contributed by atoms with Crippen LogP contribution in [0.25, 0.3) is 0 Å². The maximum Gasteiger partial charge on any atom is 0.416 e. The van der Waals surface area contributed by atoms with Crippen molar-refractivity contribution in [1.29, 1.82) is 5.41 Å². The second-order valence-corrected chi connectivity index (χ2v) is 15.1. The molecule has 5 rings (SSSR count). The number of urea groups is 1. The first kappa shape index (κ1) is 50.0. The molecule has 0 spiro atoms. The van der Waals surface area contributed by atoms with E-state index in [1.807, 2.05) is 0 Å². The van der Waals surface area contributed by atoms with E-state index in [-0.39, 0.29) is 69.3 Å². The van der Waals surface area contributed by atoms with Crippen LogP contribution in [0, 0.1) is 5.41 Å². The third-order valence-corrected chi connectivity index (χ3v) is 9.88. The van der Waals surface area contributed by atoms with Gasteiger partial charge in [-0.3, -0.25) is 24.6 Å². The van der Waals surface area contributed by atoms with E-state index in [4.69, 9.17) is 26.4 Å². The van der Waals surface area contributed by atoms with Crippen molar-refractivity contribution in [3.8, 4) is 11.5 Å². The molecule has 20 nitrogen and oxygen atoms in total. The third-order valence-electron chi connectivity index (χ3n) is 9.88. The van der Waals surface area contributed by atoms with Crippen LogP contribution in [-0.4, -0.2) is 97.1 Å². The lowest BCUT2D eigenvalue weighted by molar-refractivity contribution is -0.138. The van der Waals surface area contributed by atoms with Gasteiger partial charge in [0.15, 0.2) is 17.5 Å². The lowest BCUT2D eigenvalue weighted by Gasteiger charge is -2.22. The molecule has 13 N–H and O–H groups in total. The molecule has 3 aromatic rings. The first-order valence-electron chi connectivity index (χ1n) is 20.7. The van der Waals surface area contributed by atoms with Crippen LogP contribution in [-0.2, 0) is 21.9 Å². The van der Waals surface area contributed by atoms with Gasteiger partial charge in [0.05, 0.1) is 33.9 Å². The normalized spacial score (nSPS) is 15.9. The molecule has 66 heavy (non-hydrogen) atoms. The minimum Gasteiger partial charge on any atom is -0.485 e. The van der Waals surface area contributed by atoms with Crippen molar-refractivity contribution in [1.82, 2.24) is 31.2 Å². The van der Waals surface area contributed by atoms with Gasteiger partial charge < -0.3 is 63.5 Å². The molecule has 2 aliphatic heterocycles. The van der Waals surface area contributed by atoms with Gasteiger partial charge in [0.25, 0.3) is 11.8 Å². The Kier molecular flexibility index (Phi) is 17.3. The molecule has 2 aliphatic rings. The highest BCUT2D eigenvalue weighted by atomic mass is 19.4. The number of nitrogens with one attached hydrogen (secondary N) is 9. The van der Waals surface area contributed by atoms with E-state index in [2.05, 4.69) is 52.5 Å². The molecule has 0 radical (unpaired) electrons. The number of nitrogens with zero attached hydrogens (tertiary/aromatic N) is 2. The molecule has 0 unspecified atom stereocenters. The molecule has 6 amide bonds. The monoisotopic (exact) mass is 937 g/mol. The van der Waals surface area contributed by atoms with E-state index in [1.165, 1.54) is 0 Å². The Morgan fingerprint density at radius 3 is 1.41 bits per heavy atom. The molecule has 2 fully saturated rings. The molecule has 0 saturated carbocycles. The number of primary amides is 1. The molecule has 2 saturated heterocycles. The highest BCUT2D eigenvalue weighted by Gasteiger charge is 2.36. The second-order valence-electron chi connectivity index (χ2n) is 15.1. The summed E-state index contributed by atoms with van der Waals surface area (Å²) in [6, 6.07) is 2.57. The number of rotatable bonds is 20. The summed E-state index contributed by atoms with van der Waals surface area (Å²) in [5.41, 5.74) is 4.76. The number of hydrogen-bond donors (Lipinski definition) is 11. The lowest BCUT2D eigenvalue weighted by Crippen LogP contribution is -2.31. The van der Waals surface area contributed by atoms with Crippen LogP contribution in [0.1, 0.15) is 83.5 Å². The molecule has 2 aromatic carbocycles. The lowest BCUT2D eigenvalue weighted by atomic mass is 10.1. The van der Waals surface area contributed by atoms with Crippen LogP contribution in [0.3, 0.4) is 0 Å². The van der Waals surface area contributed by atoms with Crippen molar-refractivity contribution < 1.29 is 59.8 Å². The predicted octanol–water partition coefficient (Wildman–Crippen LogP) is 3.87. The zero-order chi connectivity index (χ0) is 48.0. The zero-order valence-electron chi connectivity index (χ0n) is 35.2. The molecular formula is C40H49F6N13O7. The van der Waals surface area contributed by atoms with Crippen LogP contribution >= 0.6 is 0 Å². The quantitative estimate of drug-likeness (QED) is 0.0332. The summed E-state index contributed by atoms with van der Waals surface area (Å²) in [7, 11) is 0. The van der Waals surface area contributed by atoms with Crippen LogP contribution in [0.4, 0.5) is 53.9 Å². The summed E-state index contributed by atoms with van der Waals surface area (Å²) in [6.45, 7) is 2.02. The smallest absolute Gasteiger partial charge is 0.416 e. The number of ether oxygens (including phenoxy) is 2.